The SMILES string of the molecule is CCC1C=C(OC2CC2)C=CC1C. The predicted molar refractivity (Wildman–Crippen MR) is 54.3 cm³/mol. The van der Waals surface area contributed by atoms with Gasteiger partial charge in [-0.1, -0.05) is 19.9 Å². The van der Waals surface area contributed by atoms with Gasteiger partial charge in [0.15, 0.2) is 0 Å². The van der Waals surface area contributed by atoms with E-state index in [1.54, 1.807) is 0 Å². The lowest BCUT2D eigenvalue weighted by Crippen LogP contribution is -2.11. The highest BCUT2D eigenvalue weighted by Gasteiger charge is 2.25. The van der Waals surface area contributed by atoms with E-state index >= 15 is 0 Å². The highest BCUT2D eigenvalue weighted by atomic mass is 16.5. The van der Waals surface area contributed by atoms with Gasteiger partial charge in [0.2, 0.25) is 0 Å². The van der Waals surface area contributed by atoms with Gasteiger partial charge in [-0.05, 0) is 43.3 Å². The van der Waals surface area contributed by atoms with E-state index in [9.17, 15) is 0 Å². The van der Waals surface area contributed by atoms with Crippen molar-refractivity contribution in [2.45, 2.75) is 39.2 Å². The molecule has 0 aromatic carbocycles. The Labute approximate surface area is 80.5 Å². The number of ether oxygens (including phenoxy) is 1. The summed E-state index contributed by atoms with van der Waals surface area (Å²) in [6.45, 7) is 4.51. The van der Waals surface area contributed by atoms with Crippen LogP contribution in [0.2, 0.25) is 0 Å². The molecule has 2 unspecified atom stereocenters. The van der Waals surface area contributed by atoms with Crippen molar-refractivity contribution in [1.82, 2.24) is 0 Å². The van der Waals surface area contributed by atoms with Crippen LogP contribution in [0.15, 0.2) is 24.0 Å². The second-order valence-corrected chi connectivity index (χ2v) is 4.18. The molecule has 2 atom stereocenters. The minimum Gasteiger partial charge on any atom is -0.491 e. The molecule has 2 rings (SSSR count). The lowest BCUT2D eigenvalue weighted by atomic mass is 9.87. The number of hydrogen-bond donors (Lipinski definition) is 0. The average Bonchev–Trinajstić information content (AvgIpc) is 2.92. The average molecular weight is 178 g/mol. The molecule has 1 heteroatoms. The summed E-state index contributed by atoms with van der Waals surface area (Å²) in [5.41, 5.74) is 0. The Morgan fingerprint density at radius 1 is 1.46 bits per heavy atom. The van der Waals surface area contributed by atoms with E-state index in [-0.39, 0.29) is 0 Å². The van der Waals surface area contributed by atoms with Crippen molar-refractivity contribution in [3.05, 3.63) is 24.0 Å². The third-order valence-corrected chi connectivity index (χ3v) is 2.92. The monoisotopic (exact) mass is 178 g/mol. The lowest BCUT2D eigenvalue weighted by molar-refractivity contribution is 0.202. The molecule has 0 aromatic heterocycles. The summed E-state index contributed by atoms with van der Waals surface area (Å²) in [4.78, 5) is 0. The molecular weight excluding hydrogens is 160 g/mol. The zero-order chi connectivity index (χ0) is 9.26. The summed E-state index contributed by atoms with van der Waals surface area (Å²) in [5, 5.41) is 0. The molecule has 0 saturated heterocycles. The largest absolute Gasteiger partial charge is 0.491 e. The molecule has 0 heterocycles. The first-order chi connectivity index (χ1) is 6.29. The second-order valence-electron chi connectivity index (χ2n) is 4.18. The van der Waals surface area contributed by atoms with Gasteiger partial charge in [-0.2, -0.15) is 0 Å². The fourth-order valence-corrected chi connectivity index (χ4v) is 1.75. The molecule has 0 aromatic rings. The molecule has 1 fully saturated rings. The van der Waals surface area contributed by atoms with Crippen LogP contribution in [0.25, 0.3) is 0 Å². The Hall–Kier alpha value is -0.720. The van der Waals surface area contributed by atoms with Crippen LogP contribution in [0.5, 0.6) is 0 Å². The maximum Gasteiger partial charge on any atom is 0.115 e. The molecule has 0 radical (unpaired) electrons. The zero-order valence-electron chi connectivity index (χ0n) is 8.49. The maximum atomic E-state index is 5.76. The van der Waals surface area contributed by atoms with Gasteiger partial charge in [-0.15, -0.1) is 0 Å². The minimum atomic E-state index is 0.529. The topological polar surface area (TPSA) is 9.23 Å². The molecule has 0 bridgehead atoms. The summed E-state index contributed by atoms with van der Waals surface area (Å²) in [7, 11) is 0. The van der Waals surface area contributed by atoms with E-state index in [1.165, 1.54) is 19.3 Å². The molecule has 0 N–H and O–H groups in total. The van der Waals surface area contributed by atoms with Crippen molar-refractivity contribution in [2.24, 2.45) is 11.8 Å². The van der Waals surface area contributed by atoms with Crippen molar-refractivity contribution in [2.75, 3.05) is 0 Å². The number of rotatable bonds is 3. The smallest absolute Gasteiger partial charge is 0.115 e. The summed E-state index contributed by atoms with van der Waals surface area (Å²) in [6, 6.07) is 0. The van der Waals surface area contributed by atoms with Crippen LogP contribution >= 0.6 is 0 Å². The summed E-state index contributed by atoms with van der Waals surface area (Å²) < 4.78 is 5.76. The third-order valence-electron chi connectivity index (χ3n) is 2.92. The lowest BCUT2D eigenvalue weighted by Gasteiger charge is -2.21. The first-order valence-electron chi connectivity index (χ1n) is 5.36. The molecule has 13 heavy (non-hydrogen) atoms. The zero-order valence-corrected chi connectivity index (χ0v) is 8.49. The van der Waals surface area contributed by atoms with Gasteiger partial charge < -0.3 is 4.74 Å². The van der Waals surface area contributed by atoms with Gasteiger partial charge in [-0.25, -0.2) is 0 Å². The van der Waals surface area contributed by atoms with Gasteiger partial charge in [0.25, 0.3) is 0 Å². The van der Waals surface area contributed by atoms with Crippen molar-refractivity contribution < 1.29 is 4.74 Å². The fraction of sp³-hybridized carbons (Fsp3) is 0.667. The van der Waals surface area contributed by atoms with Crippen molar-refractivity contribution in [3.63, 3.8) is 0 Å². The minimum absolute atomic E-state index is 0.529. The molecule has 1 saturated carbocycles. The molecule has 1 nitrogen and oxygen atoms in total. The normalized spacial score (nSPS) is 32.9. The van der Waals surface area contributed by atoms with Gasteiger partial charge in [0.05, 0.1) is 6.10 Å². The summed E-state index contributed by atoms with van der Waals surface area (Å²) >= 11 is 0. The Kier molecular flexibility index (Phi) is 2.43. The van der Waals surface area contributed by atoms with Crippen LogP contribution < -0.4 is 0 Å². The summed E-state index contributed by atoms with van der Waals surface area (Å²) in [5.74, 6) is 2.46. The van der Waals surface area contributed by atoms with E-state index in [2.05, 4.69) is 32.1 Å². The van der Waals surface area contributed by atoms with Crippen LogP contribution in [-0.2, 0) is 4.74 Å². The molecule has 72 valence electrons. The Balaban J connectivity index is 1.98. The van der Waals surface area contributed by atoms with Crippen LogP contribution in [0.4, 0.5) is 0 Å². The molecule has 0 amide bonds. The second kappa shape index (κ2) is 3.57. The van der Waals surface area contributed by atoms with E-state index in [0.29, 0.717) is 17.9 Å². The van der Waals surface area contributed by atoms with Gasteiger partial charge in [0, 0.05) is 0 Å². The van der Waals surface area contributed by atoms with Crippen molar-refractivity contribution in [3.8, 4) is 0 Å². The Bertz CT molecular complexity index is 236. The van der Waals surface area contributed by atoms with Crippen LogP contribution in [-0.4, -0.2) is 6.10 Å². The van der Waals surface area contributed by atoms with E-state index in [4.69, 9.17) is 4.74 Å². The molecule has 2 aliphatic carbocycles. The maximum absolute atomic E-state index is 5.76. The summed E-state index contributed by atoms with van der Waals surface area (Å²) in [6.07, 6.45) is 10.9. The van der Waals surface area contributed by atoms with Gasteiger partial charge in [0.1, 0.15) is 5.76 Å². The molecule has 2 aliphatic rings. The quantitative estimate of drug-likeness (QED) is 0.644. The molecule has 0 aliphatic heterocycles. The van der Waals surface area contributed by atoms with E-state index < -0.39 is 0 Å². The number of allylic oxidation sites excluding steroid dienone is 3. The standard InChI is InChI=1S/C12H18O/c1-3-10-8-12(5-4-9(10)2)13-11-6-7-11/h4-5,8-11H,3,6-7H2,1-2H3. The highest BCUT2D eigenvalue weighted by Crippen LogP contribution is 2.31. The predicted octanol–water partition coefficient (Wildman–Crippen LogP) is 3.28. The van der Waals surface area contributed by atoms with E-state index in [1.807, 2.05) is 0 Å². The van der Waals surface area contributed by atoms with Crippen molar-refractivity contribution in [1.29, 1.82) is 0 Å². The first-order valence-corrected chi connectivity index (χ1v) is 5.36. The third kappa shape index (κ3) is 2.15. The molecule has 0 spiro atoms. The Morgan fingerprint density at radius 3 is 2.85 bits per heavy atom. The van der Waals surface area contributed by atoms with Crippen LogP contribution in [0.1, 0.15) is 33.1 Å². The van der Waals surface area contributed by atoms with Gasteiger partial charge in [-0.3, -0.25) is 0 Å². The Morgan fingerprint density at radius 2 is 2.23 bits per heavy atom. The van der Waals surface area contributed by atoms with Crippen LogP contribution in [0.3, 0.4) is 0 Å². The van der Waals surface area contributed by atoms with Gasteiger partial charge >= 0.3 is 0 Å². The molecular formula is C12H18O. The first kappa shape index (κ1) is 8.86. The van der Waals surface area contributed by atoms with E-state index in [0.717, 1.165) is 5.76 Å². The highest BCUT2D eigenvalue weighted by molar-refractivity contribution is 5.20. The fourth-order valence-electron chi connectivity index (χ4n) is 1.75. The number of hydrogen-bond acceptors (Lipinski definition) is 1. The van der Waals surface area contributed by atoms with Crippen LogP contribution in [0, 0.1) is 11.8 Å². The van der Waals surface area contributed by atoms with Crippen molar-refractivity contribution >= 4 is 0 Å².